The number of aliphatic hydroxyl groups is 1. The Morgan fingerprint density at radius 1 is 1.42 bits per heavy atom. The summed E-state index contributed by atoms with van der Waals surface area (Å²) in [5, 5.41) is 10.5. The van der Waals surface area contributed by atoms with Crippen molar-refractivity contribution in [3.05, 3.63) is 30.1 Å². The molecular weight excluding hydrogens is 240 g/mol. The molecule has 0 fully saturated rings. The van der Waals surface area contributed by atoms with Gasteiger partial charge in [-0.2, -0.15) is 0 Å². The van der Waals surface area contributed by atoms with Gasteiger partial charge in [0.1, 0.15) is 5.82 Å². The third kappa shape index (κ3) is 2.65. The van der Waals surface area contributed by atoms with Gasteiger partial charge in [0.05, 0.1) is 22.7 Å². The van der Waals surface area contributed by atoms with Crippen LogP contribution in [0.2, 0.25) is 0 Å². The molecule has 0 saturated heterocycles. The van der Waals surface area contributed by atoms with Gasteiger partial charge in [-0.15, -0.1) is 0 Å². The van der Waals surface area contributed by atoms with Gasteiger partial charge in [-0.1, -0.05) is 12.1 Å². The molecule has 1 aromatic carbocycles. The van der Waals surface area contributed by atoms with E-state index in [1.165, 1.54) is 0 Å². The Hall–Kier alpha value is -1.39. The van der Waals surface area contributed by atoms with Crippen molar-refractivity contribution in [1.82, 2.24) is 9.55 Å². The molecule has 0 aliphatic rings. The smallest absolute Gasteiger partial charge is 0.112 e. The number of ether oxygens (including phenoxy) is 1. The number of aromatic nitrogens is 2. The summed E-state index contributed by atoms with van der Waals surface area (Å²) in [6.07, 6.45) is 0.238. The number of fused-ring (bicyclic) bond motifs is 1. The zero-order valence-electron chi connectivity index (χ0n) is 12.1. The summed E-state index contributed by atoms with van der Waals surface area (Å²) in [6, 6.07) is 8.05. The number of hydrogen-bond donors (Lipinski definition) is 1. The SMILES string of the molecule is CCn1c(CC(C)(O)C(C)OC)nc2ccccc21. The van der Waals surface area contributed by atoms with E-state index >= 15 is 0 Å². The molecular formula is C15H22N2O2. The molecule has 1 N–H and O–H groups in total. The molecule has 104 valence electrons. The van der Waals surface area contributed by atoms with E-state index in [4.69, 9.17) is 4.74 Å². The van der Waals surface area contributed by atoms with Crippen LogP contribution in [0.4, 0.5) is 0 Å². The molecule has 19 heavy (non-hydrogen) atoms. The quantitative estimate of drug-likeness (QED) is 0.900. The zero-order valence-corrected chi connectivity index (χ0v) is 12.1. The number of nitrogens with zero attached hydrogens (tertiary/aromatic N) is 2. The van der Waals surface area contributed by atoms with Crippen LogP contribution >= 0.6 is 0 Å². The van der Waals surface area contributed by atoms with Crippen molar-refractivity contribution in [3.63, 3.8) is 0 Å². The first-order chi connectivity index (χ1) is 8.99. The van der Waals surface area contributed by atoms with Crippen molar-refractivity contribution < 1.29 is 9.84 Å². The van der Waals surface area contributed by atoms with Gasteiger partial charge in [0, 0.05) is 20.1 Å². The van der Waals surface area contributed by atoms with Crippen LogP contribution in [0, 0.1) is 0 Å². The Bertz CT molecular complexity index is 560. The van der Waals surface area contributed by atoms with Crippen molar-refractivity contribution in [2.24, 2.45) is 0 Å². The van der Waals surface area contributed by atoms with E-state index in [0.29, 0.717) is 6.42 Å². The second kappa shape index (κ2) is 5.31. The molecule has 0 aliphatic carbocycles. The van der Waals surface area contributed by atoms with Gasteiger partial charge in [0.2, 0.25) is 0 Å². The summed E-state index contributed by atoms with van der Waals surface area (Å²) >= 11 is 0. The number of hydrogen-bond acceptors (Lipinski definition) is 3. The largest absolute Gasteiger partial charge is 0.387 e. The van der Waals surface area contributed by atoms with Crippen molar-refractivity contribution >= 4 is 11.0 Å². The Labute approximate surface area is 114 Å². The maximum Gasteiger partial charge on any atom is 0.112 e. The summed E-state index contributed by atoms with van der Waals surface area (Å²) in [4.78, 5) is 4.63. The highest BCUT2D eigenvalue weighted by Gasteiger charge is 2.30. The molecule has 1 heterocycles. The lowest BCUT2D eigenvalue weighted by Crippen LogP contribution is -2.41. The lowest BCUT2D eigenvalue weighted by molar-refractivity contribution is -0.0729. The van der Waals surface area contributed by atoms with Crippen molar-refractivity contribution in [2.75, 3.05) is 7.11 Å². The van der Waals surface area contributed by atoms with Crippen LogP contribution in [0.3, 0.4) is 0 Å². The van der Waals surface area contributed by atoms with Gasteiger partial charge >= 0.3 is 0 Å². The van der Waals surface area contributed by atoms with E-state index < -0.39 is 5.60 Å². The minimum Gasteiger partial charge on any atom is -0.387 e. The predicted octanol–water partition coefficient (Wildman–Crippen LogP) is 2.38. The van der Waals surface area contributed by atoms with Crippen molar-refractivity contribution in [3.8, 4) is 0 Å². The third-order valence-electron chi connectivity index (χ3n) is 3.80. The normalized spacial score (nSPS) is 16.5. The number of imidazole rings is 1. The maximum atomic E-state index is 10.5. The summed E-state index contributed by atoms with van der Waals surface area (Å²) in [7, 11) is 1.61. The molecule has 2 aromatic rings. The van der Waals surface area contributed by atoms with Gasteiger partial charge in [0.25, 0.3) is 0 Å². The molecule has 0 radical (unpaired) electrons. The van der Waals surface area contributed by atoms with Crippen LogP contribution in [0.1, 0.15) is 26.6 Å². The Morgan fingerprint density at radius 3 is 2.74 bits per heavy atom. The molecule has 2 atom stereocenters. The minimum atomic E-state index is -0.928. The van der Waals surface area contributed by atoms with Crippen molar-refractivity contribution in [2.45, 2.75) is 45.4 Å². The fourth-order valence-electron chi connectivity index (χ4n) is 2.33. The monoisotopic (exact) mass is 262 g/mol. The molecule has 0 spiro atoms. The lowest BCUT2D eigenvalue weighted by atomic mass is 9.96. The van der Waals surface area contributed by atoms with Gasteiger partial charge in [-0.25, -0.2) is 4.98 Å². The summed E-state index contributed by atoms with van der Waals surface area (Å²) in [6.45, 7) is 6.60. The Kier molecular flexibility index (Phi) is 3.92. The highest BCUT2D eigenvalue weighted by molar-refractivity contribution is 5.75. The van der Waals surface area contributed by atoms with E-state index in [1.54, 1.807) is 14.0 Å². The molecule has 2 rings (SSSR count). The van der Waals surface area contributed by atoms with Crippen LogP contribution in [0.5, 0.6) is 0 Å². The number of benzene rings is 1. The average molecular weight is 262 g/mol. The van der Waals surface area contributed by atoms with E-state index in [2.05, 4.69) is 22.5 Å². The standard InChI is InChI=1S/C15H22N2O2/c1-5-17-13-9-7-6-8-12(13)16-14(17)10-15(3,18)11(2)19-4/h6-9,11,18H,5,10H2,1-4H3. The van der Waals surface area contributed by atoms with Crippen LogP contribution in [-0.2, 0) is 17.7 Å². The fourth-order valence-corrected chi connectivity index (χ4v) is 2.33. The zero-order chi connectivity index (χ0) is 14.0. The van der Waals surface area contributed by atoms with Gasteiger partial charge in [0.15, 0.2) is 0 Å². The van der Waals surface area contributed by atoms with Gasteiger partial charge in [-0.3, -0.25) is 0 Å². The van der Waals surface area contributed by atoms with Crippen LogP contribution in [0.15, 0.2) is 24.3 Å². The minimum absolute atomic E-state index is 0.238. The number of para-hydroxylation sites is 2. The Balaban J connectivity index is 2.40. The molecule has 1 aromatic heterocycles. The molecule has 0 bridgehead atoms. The highest BCUT2D eigenvalue weighted by Crippen LogP contribution is 2.22. The molecule has 2 unspecified atom stereocenters. The number of rotatable bonds is 5. The topological polar surface area (TPSA) is 47.3 Å². The summed E-state index contributed by atoms with van der Waals surface area (Å²) in [5.74, 6) is 0.901. The number of aryl methyl sites for hydroxylation is 1. The van der Waals surface area contributed by atoms with E-state index in [9.17, 15) is 5.11 Å². The highest BCUT2D eigenvalue weighted by atomic mass is 16.5. The molecule has 4 heteroatoms. The third-order valence-corrected chi connectivity index (χ3v) is 3.80. The molecule has 0 amide bonds. The van der Waals surface area contributed by atoms with E-state index in [-0.39, 0.29) is 6.10 Å². The maximum absolute atomic E-state index is 10.5. The van der Waals surface area contributed by atoms with Crippen LogP contribution in [-0.4, -0.2) is 33.5 Å². The number of methoxy groups -OCH3 is 1. The van der Waals surface area contributed by atoms with Gasteiger partial charge < -0.3 is 14.4 Å². The van der Waals surface area contributed by atoms with Gasteiger partial charge in [-0.05, 0) is 32.9 Å². The lowest BCUT2D eigenvalue weighted by Gasteiger charge is -2.29. The first-order valence-corrected chi connectivity index (χ1v) is 6.69. The first kappa shape index (κ1) is 14.0. The fraction of sp³-hybridized carbons (Fsp3) is 0.533. The first-order valence-electron chi connectivity index (χ1n) is 6.69. The predicted molar refractivity (Wildman–Crippen MR) is 76.2 cm³/mol. The summed E-state index contributed by atoms with van der Waals surface area (Å²) < 4.78 is 7.39. The summed E-state index contributed by atoms with van der Waals surface area (Å²) in [5.41, 5.74) is 1.16. The average Bonchev–Trinajstić information content (AvgIpc) is 2.73. The molecule has 4 nitrogen and oxygen atoms in total. The second-order valence-corrected chi connectivity index (χ2v) is 5.17. The molecule has 0 aliphatic heterocycles. The van der Waals surface area contributed by atoms with E-state index in [1.807, 2.05) is 25.1 Å². The van der Waals surface area contributed by atoms with Crippen LogP contribution in [0.25, 0.3) is 11.0 Å². The van der Waals surface area contributed by atoms with Crippen LogP contribution < -0.4 is 0 Å². The second-order valence-electron chi connectivity index (χ2n) is 5.17. The Morgan fingerprint density at radius 2 is 2.11 bits per heavy atom. The van der Waals surface area contributed by atoms with Crippen molar-refractivity contribution in [1.29, 1.82) is 0 Å². The molecule has 0 saturated carbocycles. The van der Waals surface area contributed by atoms with E-state index in [0.717, 1.165) is 23.4 Å².